The van der Waals surface area contributed by atoms with E-state index < -0.39 is 0 Å². The highest BCUT2D eigenvalue weighted by atomic mass is 35.5. The minimum absolute atomic E-state index is 0. The molecule has 0 radical (unpaired) electrons. The SMILES string of the molecule is CCN(CC)CCN(C(=O)c1ccccc1SC)c1nc2c(OC)cccc2s1.Cl. The second-order valence-corrected chi connectivity index (χ2v) is 8.34. The van der Waals surface area contributed by atoms with Gasteiger partial charge in [-0.3, -0.25) is 9.69 Å². The van der Waals surface area contributed by atoms with E-state index in [-0.39, 0.29) is 18.3 Å². The lowest BCUT2D eigenvalue weighted by Gasteiger charge is -2.25. The molecule has 0 aliphatic heterocycles. The van der Waals surface area contributed by atoms with Crippen molar-refractivity contribution in [1.82, 2.24) is 9.88 Å². The second kappa shape index (κ2) is 11.6. The number of hydrogen-bond acceptors (Lipinski definition) is 6. The summed E-state index contributed by atoms with van der Waals surface area (Å²) in [6.45, 7) is 7.57. The number of fused-ring (bicyclic) bond motifs is 1. The van der Waals surface area contributed by atoms with E-state index >= 15 is 0 Å². The van der Waals surface area contributed by atoms with Gasteiger partial charge in [-0.15, -0.1) is 24.2 Å². The van der Waals surface area contributed by atoms with E-state index in [9.17, 15) is 4.79 Å². The van der Waals surface area contributed by atoms with Crippen molar-refractivity contribution in [2.45, 2.75) is 18.7 Å². The number of hydrogen-bond donors (Lipinski definition) is 0. The Bertz CT molecular complexity index is 976. The molecule has 162 valence electrons. The van der Waals surface area contributed by atoms with Gasteiger partial charge in [0.25, 0.3) is 5.91 Å². The molecule has 0 aliphatic carbocycles. The number of methoxy groups -OCH3 is 1. The molecule has 0 fully saturated rings. The summed E-state index contributed by atoms with van der Waals surface area (Å²) in [4.78, 5) is 23.5. The second-order valence-electron chi connectivity index (χ2n) is 6.49. The van der Waals surface area contributed by atoms with E-state index in [0.29, 0.717) is 17.2 Å². The molecule has 0 atom stereocenters. The summed E-state index contributed by atoms with van der Waals surface area (Å²) >= 11 is 3.11. The number of rotatable bonds is 9. The third-order valence-corrected chi connectivity index (χ3v) is 6.78. The largest absolute Gasteiger partial charge is 0.494 e. The van der Waals surface area contributed by atoms with Gasteiger partial charge < -0.3 is 9.64 Å². The fourth-order valence-electron chi connectivity index (χ4n) is 3.22. The third kappa shape index (κ3) is 5.27. The number of thiazole rings is 1. The zero-order valence-electron chi connectivity index (χ0n) is 17.8. The van der Waals surface area contributed by atoms with Crippen LogP contribution in [0.3, 0.4) is 0 Å². The van der Waals surface area contributed by atoms with Crippen LogP contribution in [0.1, 0.15) is 24.2 Å². The molecule has 0 unspecified atom stereocenters. The van der Waals surface area contributed by atoms with Gasteiger partial charge in [-0.05, 0) is 43.6 Å². The first-order valence-corrected chi connectivity index (χ1v) is 11.8. The van der Waals surface area contributed by atoms with Crippen LogP contribution in [0, 0.1) is 0 Å². The minimum atomic E-state index is -0.0138. The number of thioether (sulfide) groups is 1. The summed E-state index contributed by atoms with van der Waals surface area (Å²) in [5.74, 6) is 0.714. The van der Waals surface area contributed by atoms with Gasteiger partial charge in [0.05, 0.1) is 17.4 Å². The molecule has 0 N–H and O–H groups in total. The van der Waals surface area contributed by atoms with E-state index in [1.165, 1.54) is 11.3 Å². The summed E-state index contributed by atoms with van der Waals surface area (Å²) < 4.78 is 6.48. The van der Waals surface area contributed by atoms with Gasteiger partial charge in [0.15, 0.2) is 5.13 Å². The first-order valence-electron chi connectivity index (χ1n) is 9.73. The molecule has 0 saturated heterocycles. The van der Waals surface area contributed by atoms with Crippen molar-refractivity contribution < 1.29 is 9.53 Å². The van der Waals surface area contributed by atoms with Gasteiger partial charge in [0.1, 0.15) is 11.3 Å². The number of para-hydroxylation sites is 1. The van der Waals surface area contributed by atoms with Crippen molar-refractivity contribution in [1.29, 1.82) is 0 Å². The van der Waals surface area contributed by atoms with E-state index in [2.05, 4.69) is 18.7 Å². The maximum atomic E-state index is 13.6. The molecule has 5 nitrogen and oxygen atoms in total. The van der Waals surface area contributed by atoms with E-state index in [1.807, 2.05) is 53.6 Å². The lowest BCUT2D eigenvalue weighted by atomic mass is 10.2. The smallest absolute Gasteiger partial charge is 0.261 e. The standard InChI is InChI=1S/C22H27N3O2S2.ClH/c1-5-24(6-2)14-15-25(21(26)16-10-7-8-12-18(16)28-4)22-23-20-17(27-3)11-9-13-19(20)29-22;/h7-13H,5-6,14-15H2,1-4H3;1H. The number of nitrogens with zero attached hydrogens (tertiary/aromatic N) is 3. The maximum absolute atomic E-state index is 13.6. The predicted molar refractivity (Wildman–Crippen MR) is 131 cm³/mol. The van der Waals surface area contributed by atoms with E-state index in [1.54, 1.807) is 18.9 Å². The number of halogens is 1. The Morgan fingerprint density at radius 1 is 1.10 bits per heavy atom. The summed E-state index contributed by atoms with van der Waals surface area (Å²) in [6.07, 6.45) is 1.99. The van der Waals surface area contributed by atoms with Crippen LogP contribution in [-0.2, 0) is 0 Å². The molecule has 0 aliphatic rings. The zero-order valence-corrected chi connectivity index (χ0v) is 20.2. The van der Waals surface area contributed by atoms with Crippen LogP contribution in [0.2, 0.25) is 0 Å². The third-order valence-electron chi connectivity index (χ3n) is 4.94. The number of ether oxygens (including phenoxy) is 1. The Labute approximate surface area is 192 Å². The van der Waals surface area contributed by atoms with Crippen LogP contribution >= 0.6 is 35.5 Å². The van der Waals surface area contributed by atoms with Crippen LogP contribution in [0.5, 0.6) is 5.75 Å². The van der Waals surface area contributed by atoms with Gasteiger partial charge in [0.2, 0.25) is 0 Å². The number of aromatic nitrogens is 1. The van der Waals surface area contributed by atoms with Gasteiger partial charge in [-0.2, -0.15) is 0 Å². The number of likely N-dealkylation sites (N-methyl/N-ethyl adjacent to an activating group) is 1. The average Bonchev–Trinajstić information content (AvgIpc) is 3.20. The molecular formula is C22H28ClN3O2S2. The molecule has 30 heavy (non-hydrogen) atoms. The molecule has 1 amide bonds. The van der Waals surface area contributed by atoms with Crippen LogP contribution in [0.25, 0.3) is 10.2 Å². The lowest BCUT2D eigenvalue weighted by molar-refractivity contribution is 0.0981. The maximum Gasteiger partial charge on any atom is 0.261 e. The topological polar surface area (TPSA) is 45.7 Å². The highest BCUT2D eigenvalue weighted by Gasteiger charge is 2.24. The summed E-state index contributed by atoms with van der Waals surface area (Å²) in [5.41, 5.74) is 1.51. The highest BCUT2D eigenvalue weighted by Crippen LogP contribution is 2.35. The molecule has 2 aromatic carbocycles. The molecule has 8 heteroatoms. The molecule has 1 heterocycles. The highest BCUT2D eigenvalue weighted by molar-refractivity contribution is 7.98. The van der Waals surface area contributed by atoms with Crippen molar-refractivity contribution in [3.05, 3.63) is 48.0 Å². The van der Waals surface area contributed by atoms with Gasteiger partial charge >= 0.3 is 0 Å². The zero-order chi connectivity index (χ0) is 20.8. The first kappa shape index (κ1) is 24.5. The minimum Gasteiger partial charge on any atom is -0.494 e. The molecule has 0 spiro atoms. The van der Waals surface area contributed by atoms with Crippen molar-refractivity contribution in [3.63, 3.8) is 0 Å². The fraction of sp³-hybridized carbons (Fsp3) is 0.364. The Kier molecular flexibility index (Phi) is 9.42. The van der Waals surface area contributed by atoms with Crippen LogP contribution in [-0.4, -0.2) is 55.3 Å². The molecule has 1 aromatic heterocycles. The quantitative estimate of drug-likeness (QED) is 0.394. The molecule has 0 saturated carbocycles. The van der Waals surface area contributed by atoms with Crippen LogP contribution in [0.15, 0.2) is 47.4 Å². The van der Waals surface area contributed by atoms with E-state index in [0.717, 1.165) is 40.5 Å². The Morgan fingerprint density at radius 2 is 1.83 bits per heavy atom. The number of carbonyl (C=O) groups excluding carboxylic acids is 1. The number of amides is 1. The van der Waals surface area contributed by atoms with Gasteiger partial charge in [-0.25, -0.2) is 4.98 Å². The molecule has 3 rings (SSSR count). The summed E-state index contributed by atoms with van der Waals surface area (Å²) in [7, 11) is 1.64. The van der Waals surface area contributed by atoms with Gasteiger partial charge in [0, 0.05) is 18.0 Å². The normalized spacial score (nSPS) is 10.8. The van der Waals surface area contributed by atoms with Crippen molar-refractivity contribution in [2.75, 3.05) is 44.4 Å². The number of benzene rings is 2. The fourth-order valence-corrected chi connectivity index (χ4v) is 4.82. The predicted octanol–water partition coefficient (Wildman–Crippen LogP) is 5.44. The van der Waals surface area contributed by atoms with Crippen molar-refractivity contribution in [2.24, 2.45) is 0 Å². The van der Waals surface area contributed by atoms with Crippen molar-refractivity contribution >= 4 is 56.8 Å². The molecular weight excluding hydrogens is 438 g/mol. The van der Waals surface area contributed by atoms with Crippen LogP contribution < -0.4 is 9.64 Å². The number of carbonyl (C=O) groups is 1. The molecule has 0 bridgehead atoms. The number of anilines is 1. The van der Waals surface area contributed by atoms with Crippen LogP contribution in [0.4, 0.5) is 5.13 Å². The summed E-state index contributed by atoms with van der Waals surface area (Å²) in [6, 6.07) is 13.6. The Balaban J connectivity index is 0.00000320. The Hall–Kier alpha value is -1.80. The summed E-state index contributed by atoms with van der Waals surface area (Å²) in [5, 5.41) is 0.706. The Morgan fingerprint density at radius 3 is 2.50 bits per heavy atom. The van der Waals surface area contributed by atoms with Crippen molar-refractivity contribution in [3.8, 4) is 5.75 Å². The van der Waals surface area contributed by atoms with Gasteiger partial charge in [-0.1, -0.05) is 43.4 Å². The van der Waals surface area contributed by atoms with E-state index in [4.69, 9.17) is 9.72 Å². The first-order chi connectivity index (χ1) is 14.1. The lowest BCUT2D eigenvalue weighted by Crippen LogP contribution is -2.39. The average molecular weight is 466 g/mol. The molecule has 3 aromatic rings. The monoisotopic (exact) mass is 465 g/mol.